The first-order chi connectivity index (χ1) is 8.33. The minimum atomic E-state index is -5.17. The molecule has 1 aromatic rings. The van der Waals surface area contributed by atoms with E-state index in [0.717, 1.165) is 5.56 Å². The average Bonchev–Trinajstić information content (AvgIpc) is 2.28. The normalized spacial score (nSPS) is 12.6. The molecule has 18 heavy (non-hydrogen) atoms. The van der Waals surface area contributed by atoms with Gasteiger partial charge in [-0.2, -0.15) is 13.2 Å². The van der Waals surface area contributed by atoms with Gasteiger partial charge in [0.15, 0.2) is 0 Å². The van der Waals surface area contributed by atoms with Crippen LogP contribution in [0.25, 0.3) is 0 Å². The Morgan fingerprint density at radius 3 is 2.28 bits per heavy atom. The molecular formula is C11H13F3O3S. The van der Waals surface area contributed by atoms with Crippen LogP contribution in [0.4, 0.5) is 13.2 Å². The van der Waals surface area contributed by atoms with Gasteiger partial charge >= 0.3 is 5.51 Å². The molecule has 0 aliphatic heterocycles. The number of hydrogen-bond acceptors (Lipinski definition) is 3. The van der Waals surface area contributed by atoms with E-state index in [-0.39, 0.29) is 19.6 Å². The molecule has 0 amide bonds. The molecule has 102 valence electrons. The fraction of sp³-hybridized carbons (Fsp3) is 0.455. The SMILES string of the molecule is O=S(=O)(CCCOCc1ccccc1)C(F)(F)F. The molecule has 0 aliphatic carbocycles. The van der Waals surface area contributed by atoms with E-state index in [1.165, 1.54) is 0 Å². The predicted molar refractivity (Wildman–Crippen MR) is 60.6 cm³/mol. The van der Waals surface area contributed by atoms with Gasteiger partial charge < -0.3 is 4.74 Å². The van der Waals surface area contributed by atoms with Crippen LogP contribution in [0.5, 0.6) is 0 Å². The Kier molecular flexibility index (Phi) is 5.15. The second kappa shape index (κ2) is 6.19. The van der Waals surface area contributed by atoms with E-state index in [1.54, 1.807) is 0 Å². The summed E-state index contributed by atoms with van der Waals surface area (Å²) < 4.78 is 62.4. The van der Waals surface area contributed by atoms with Gasteiger partial charge in [0.1, 0.15) is 0 Å². The number of benzene rings is 1. The maximum Gasteiger partial charge on any atom is 0.497 e. The summed E-state index contributed by atoms with van der Waals surface area (Å²) in [7, 11) is -5.02. The number of hydrogen-bond donors (Lipinski definition) is 0. The standard InChI is InChI=1S/C11H13F3O3S/c12-11(13,14)18(15,16)8-4-7-17-9-10-5-2-1-3-6-10/h1-3,5-6H,4,7-9H2. The van der Waals surface area contributed by atoms with Crippen molar-refractivity contribution in [1.29, 1.82) is 0 Å². The van der Waals surface area contributed by atoms with Crippen molar-refractivity contribution < 1.29 is 26.3 Å². The second-order valence-electron chi connectivity index (χ2n) is 3.66. The first-order valence-electron chi connectivity index (χ1n) is 5.23. The molecule has 0 radical (unpaired) electrons. The van der Waals surface area contributed by atoms with Crippen molar-refractivity contribution in [3.63, 3.8) is 0 Å². The molecule has 0 fully saturated rings. The van der Waals surface area contributed by atoms with Crippen LogP contribution < -0.4 is 0 Å². The van der Waals surface area contributed by atoms with Crippen molar-refractivity contribution in [3.8, 4) is 0 Å². The molecule has 0 unspecified atom stereocenters. The Morgan fingerprint density at radius 2 is 1.72 bits per heavy atom. The zero-order valence-electron chi connectivity index (χ0n) is 9.48. The number of ether oxygens (including phenoxy) is 1. The molecule has 0 heterocycles. The molecule has 0 saturated heterocycles. The largest absolute Gasteiger partial charge is 0.497 e. The Bertz CT molecular complexity index is 454. The van der Waals surface area contributed by atoms with Crippen molar-refractivity contribution in [2.45, 2.75) is 18.5 Å². The summed E-state index contributed by atoms with van der Waals surface area (Å²) in [6.07, 6.45) is -0.172. The Labute approximate surface area is 103 Å². The summed E-state index contributed by atoms with van der Waals surface area (Å²) in [6, 6.07) is 9.08. The lowest BCUT2D eigenvalue weighted by molar-refractivity contribution is -0.0436. The molecular weight excluding hydrogens is 269 g/mol. The van der Waals surface area contributed by atoms with E-state index in [4.69, 9.17) is 4.74 Å². The molecule has 0 saturated carbocycles. The summed E-state index contributed by atoms with van der Waals surface area (Å²) in [6.45, 7) is 0.233. The van der Waals surface area contributed by atoms with Crippen LogP contribution >= 0.6 is 0 Å². The minimum Gasteiger partial charge on any atom is -0.377 e. The molecule has 0 aliphatic rings. The summed E-state index contributed by atoms with van der Waals surface area (Å²) in [5.74, 6) is -0.939. The number of alkyl halides is 3. The van der Waals surface area contributed by atoms with E-state index in [0.29, 0.717) is 0 Å². The van der Waals surface area contributed by atoms with Gasteiger partial charge in [-0.25, -0.2) is 8.42 Å². The average molecular weight is 282 g/mol. The minimum absolute atomic E-state index is 0.0236. The molecule has 3 nitrogen and oxygen atoms in total. The third-order valence-corrected chi connectivity index (χ3v) is 3.70. The monoisotopic (exact) mass is 282 g/mol. The third kappa shape index (κ3) is 4.66. The molecule has 0 N–H and O–H groups in total. The van der Waals surface area contributed by atoms with E-state index in [9.17, 15) is 21.6 Å². The molecule has 1 aromatic carbocycles. The number of sulfone groups is 1. The van der Waals surface area contributed by atoms with Gasteiger partial charge in [0.2, 0.25) is 9.84 Å². The van der Waals surface area contributed by atoms with E-state index >= 15 is 0 Å². The van der Waals surface area contributed by atoms with Gasteiger partial charge in [-0.3, -0.25) is 0 Å². The number of halogens is 3. The summed E-state index contributed by atoms with van der Waals surface area (Å²) in [4.78, 5) is 0. The van der Waals surface area contributed by atoms with Crippen molar-refractivity contribution in [3.05, 3.63) is 35.9 Å². The van der Waals surface area contributed by atoms with Gasteiger partial charge in [-0.05, 0) is 12.0 Å². The first kappa shape index (κ1) is 15.0. The maximum atomic E-state index is 12.0. The molecule has 0 atom stereocenters. The van der Waals surface area contributed by atoms with Crippen molar-refractivity contribution in [2.75, 3.05) is 12.4 Å². The van der Waals surface area contributed by atoms with Gasteiger partial charge in [0.25, 0.3) is 0 Å². The van der Waals surface area contributed by atoms with E-state index < -0.39 is 21.1 Å². The van der Waals surface area contributed by atoms with Crippen LogP contribution in [0.15, 0.2) is 30.3 Å². The number of rotatable bonds is 6. The van der Waals surface area contributed by atoms with Gasteiger partial charge in [0, 0.05) is 6.61 Å². The van der Waals surface area contributed by atoms with Gasteiger partial charge in [-0.15, -0.1) is 0 Å². The Hall–Kier alpha value is -1.08. The molecule has 1 rings (SSSR count). The molecule has 0 bridgehead atoms. The zero-order valence-corrected chi connectivity index (χ0v) is 10.3. The lowest BCUT2D eigenvalue weighted by atomic mass is 10.2. The maximum absolute atomic E-state index is 12.0. The highest BCUT2D eigenvalue weighted by Gasteiger charge is 2.44. The highest BCUT2D eigenvalue weighted by atomic mass is 32.2. The Balaban J connectivity index is 2.24. The topological polar surface area (TPSA) is 43.4 Å². The molecule has 7 heteroatoms. The summed E-state index contributed by atoms with van der Waals surface area (Å²) in [5.41, 5.74) is -4.29. The molecule has 0 aromatic heterocycles. The van der Waals surface area contributed by atoms with Crippen LogP contribution in [0.3, 0.4) is 0 Å². The van der Waals surface area contributed by atoms with Crippen LogP contribution in [0.2, 0.25) is 0 Å². The molecule has 0 spiro atoms. The van der Waals surface area contributed by atoms with Crippen molar-refractivity contribution >= 4 is 9.84 Å². The van der Waals surface area contributed by atoms with Crippen LogP contribution in [0, 0.1) is 0 Å². The van der Waals surface area contributed by atoms with Crippen LogP contribution in [-0.4, -0.2) is 26.3 Å². The van der Waals surface area contributed by atoms with Gasteiger partial charge in [0.05, 0.1) is 12.4 Å². The van der Waals surface area contributed by atoms with Gasteiger partial charge in [-0.1, -0.05) is 30.3 Å². The second-order valence-corrected chi connectivity index (χ2v) is 5.76. The summed E-state index contributed by atoms with van der Waals surface area (Å²) in [5, 5.41) is 0. The van der Waals surface area contributed by atoms with E-state index in [2.05, 4.69) is 0 Å². The fourth-order valence-corrected chi connectivity index (χ4v) is 1.96. The lowest BCUT2D eigenvalue weighted by Crippen LogP contribution is -2.26. The fourth-order valence-electron chi connectivity index (χ4n) is 1.23. The highest BCUT2D eigenvalue weighted by molar-refractivity contribution is 7.92. The lowest BCUT2D eigenvalue weighted by Gasteiger charge is -2.08. The highest BCUT2D eigenvalue weighted by Crippen LogP contribution is 2.24. The smallest absolute Gasteiger partial charge is 0.377 e. The van der Waals surface area contributed by atoms with Crippen molar-refractivity contribution in [1.82, 2.24) is 0 Å². The Morgan fingerprint density at radius 1 is 1.11 bits per heavy atom. The quantitative estimate of drug-likeness (QED) is 0.753. The van der Waals surface area contributed by atoms with Crippen molar-refractivity contribution in [2.24, 2.45) is 0 Å². The summed E-state index contributed by atoms with van der Waals surface area (Å²) >= 11 is 0. The van der Waals surface area contributed by atoms with E-state index in [1.807, 2.05) is 30.3 Å². The van der Waals surface area contributed by atoms with Crippen LogP contribution in [0.1, 0.15) is 12.0 Å². The third-order valence-electron chi connectivity index (χ3n) is 2.17. The van der Waals surface area contributed by atoms with Crippen LogP contribution in [-0.2, 0) is 21.2 Å². The predicted octanol–water partition coefficient (Wildman–Crippen LogP) is 2.53. The first-order valence-corrected chi connectivity index (χ1v) is 6.89. The zero-order chi connectivity index (χ0) is 13.6.